The van der Waals surface area contributed by atoms with Gasteiger partial charge in [0.25, 0.3) is 0 Å². The van der Waals surface area contributed by atoms with Crippen LogP contribution in [0.15, 0.2) is 16.7 Å². The topological polar surface area (TPSA) is 24.9 Å². The molecule has 0 amide bonds. The zero-order valence-corrected chi connectivity index (χ0v) is 13.3. The molecule has 0 spiro atoms. The molecule has 0 radical (unpaired) electrons. The molecule has 1 aromatic rings. The third-order valence-electron chi connectivity index (χ3n) is 3.74. The third-order valence-corrected chi connectivity index (χ3v) is 4.88. The summed E-state index contributed by atoms with van der Waals surface area (Å²) in [6.45, 7) is 4.74. The number of pyridine rings is 1. The zero-order valence-electron chi connectivity index (χ0n) is 11.0. The third kappa shape index (κ3) is 3.86. The molecule has 18 heavy (non-hydrogen) atoms. The predicted octanol–water partition coefficient (Wildman–Crippen LogP) is 5.27. The minimum Gasteiger partial charge on any atom is -0.381 e. The van der Waals surface area contributed by atoms with E-state index in [1.165, 1.54) is 32.1 Å². The van der Waals surface area contributed by atoms with Gasteiger partial charge in [0.2, 0.25) is 0 Å². The largest absolute Gasteiger partial charge is 0.381 e. The van der Waals surface area contributed by atoms with Crippen LogP contribution < -0.4 is 5.32 Å². The summed E-state index contributed by atoms with van der Waals surface area (Å²) in [7, 11) is 0. The number of hydrogen-bond donors (Lipinski definition) is 1. The Balaban J connectivity index is 1.98. The Bertz CT molecular complexity index is 420. The van der Waals surface area contributed by atoms with Crippen molar-refractivity contribution in [3.8, 4) is 0 Å². The maximum absolute atomic E-state index is 5.90. The first-order chi connectivity index (χ1) is 8.46. The minimum atomic E-state index is 0.495. The fourth-order valence-electron chi connectivity index (χ4n) is 2.54. The van der Waals surface area contributed by atoms with E-state index < -0.39 is 0 Å². The van der Waals surface area contributed by atoms with E-state index >= 15 is 0 Å². The lowest BCUT2D eigenvalue weighted by Crippen LogP contribution is -2.19. The molecular formula is C14H20BrClN2. The molecule has 1 heterocycles. The van der Waals surface area contributed by atoms with E-state index in [0.29, 0.717) is 16.6 Å². The van der Waals surface area contributed by atoms with Gasteiger partial charge in [0.05, 0.1) is 16.4 Å². The van der Waals surface area contributed by atoms with Crippen molar-refractivity contribution in [3.63, 3.8) is 0 Å². The van der Waals surface area contributed by atoms with Crippen molar-refractivity contribution in [3.05, 3.63) is 21.9 Å². The van der Waals surface area contributed by atoms with Crippen LogP contribution in [0.2, 0.25) is 5.15 Å². The van der Waals surface area contributed by atoms with E-state index in [9.17, 15) is 0 Å². The number of nitrogens with one attached hydrogen (secondary N) is 1. The Morgan fingerprint density at radius 3 is 2.89 bits per heavy atom. The van der Waals surface area contributed by atoms with Crippen molar-refractivity contribution in [2.75, 3.05) is 5.32 Å². The molecule has 0 aromatic carbocycles. The summed E-state index contributed by atoms with van der Waals surface area (Å²) < 4.78 is 0.850. The van der Waals surface area contributed by atoms with Gasteiger partial charge in [0.15, 0.2) is 0 Å². The number of anilines is 1. The number of halogens is 2. The Morgan fingerprint density at radius 1 is 1.39 bits per heavy atom. The summed E-state index contributed by atoms with van der Waals surface area (Å²) >= 11 is 9.31. The number of hydrogen-bond acceptors (Lipinski definition) is 2. The van der Waals surface area contributed by atoms with E-state index in [0.717, 1.165) is 10.2 Å². The van der Waals surface area contributed by atoms with Gasteiger partial charge in [-0.25, -0.2) is 4.98 Å². The van der Waals surface area contributed by atoms with Crippen LogP contribution in [0.4, 0.5) is 5.69 Å². The summed E-state index contributed by atoms with van der Waals surface area (Å²) in [6.07, 6.45) is 8.19. The fraction of sp³-hybridized carbons (Fsp3) is 0.643. The van der Waals surface area contributed by atoms with Gasteiger partial charge < -0.3 is 5.32 Å². The fourth-order valence-corrected chi connectivity index (χ4v) is 2.99. The van der Waals surface area contributed by atoms with Gasteiger partial charge in [-0.05, 0) is 53.1 Å². The number of rotatable bonds is 2. The van der Waals surface area contributed by atoms with Crippen LogP contribution in [0.25, 0.3) is 0 Å². The molecule has 1 aliphatic rings. The van der Waals surface area contributed by atoms with Crippen molar-refractivity contribution < 1.29 is 0 Å². The van der Waals surface area contributed by atoms with Gasteiger partial charge in [-0.3, -0.25) is 0 Å². The second kappa shape index (κ2) is 5.79. The van der Waals surface area contributed by atoms with Crippen molar-refractivity contribution in [1.82, 2.24) is 4.98 Å². The highest BCUT2D eigenvalue weighted by molar-refractivity contribution is 9.10. The molecule has 4 heteroatoms. The molecule has 1 N–H and O–H groups in total. The average Bonchev–Trinajstić information content (AvgIpc) is 2.46. The van der Waals surface area contributed by atoms with Crippen LogP contribution in [0.5, 0.6) is 0 Å². The summed E-state index contributed by atoms with van der Waals surface area (Å²) in [5, 5.41) is 4.09. The Hall–Kier alpha value is -0.280. The lowest BCUT2D eigenvalue weighted by molar-refractivity contribution is 0.313. The molecule has 0 bridgehead atoms. The SMILES string of the molecule is CC1(C)CCCC(Nc2cnc(Cl)c(Br)c2)CC1. The van der Waals surface area contributed by atoms with E-state index in [1.807, 2.05) is 12.3 Å². The van der Waals surface area contributed by atoms with Gasteiger partial charge in [0, 0.05) is 6.04 Å². The lowest BCUT2D eigenvalue weighted by Gasteiger charge is -2.22. The molecule has 1 aromatic heterocycles. The molecule has 2 nitrogen and oxygen atoms in total. The zero-order chi connectivity index (χ0) is 13.2. The van der Waals surface area contributed by atoms with Crippen molar-refractivity contribution in [2.45, 2.75) is 52.0 Å². The molecule has 1 fully saturated rings. The van der Waals surface area contributed by atoms with Gasteiger partial charge in [-0.2, -0.15) is 0 Å². The van der Waals surface area contributed by atoms with E-state index in [4.69, 9.17) is 11.6 Å². The molecule has 1 atom stereocenters. The predicted molar refractivity (Wildman–Crippen MR) is 81.2 cm³/mol. The number of aromatic nitrogens is 1. The van der Waals surface area contributed by atoms with E-state index in [-0.39, 0.29) is 0 Å². The molecule has 2 rings (SSSR count). The summed E-state index contributed by atoms with van der Waals surface area (Å²) in [6, 6.07) is 2.56. The molecule has 100 valence electrons. The standard InChI is InChI=1S/C14H20BrClN2/c1-14(2)6-3-4-10(5-7-14)18-11-8-12(15)13(16)17-9-11/h8-10,18H,3-7H2,1-2H3. The Labute approximate surface area is 123 Å². The van der Waals surface area contributed by atoms with Crippen LogP contribution >= 0.6 is 27.5 Å². The van der Waals surface area contributed by atoms with Crippen LogP contribution in [-0.4, -0.2) is 11.0 Å². The molecule has 1 saturated carbocycles. The molecular weight excluding hydrogens is 312 g/mol. The van der Waals surface area contributed by atoms with Crippen molar-refractivity contribution in [1.29, 1.82) is 0 Å². The maximum Gasteiger partial charge on any atom is 0.143 e. The summed E-state index contributed by atoms with van der Waals surface area (Å²) in [5.74, 6) is 0. The molecule has 1 unspecified atom stereocenters. The maximum atomic E-state index is 5.90. The van der Waals surface area contributed by atoms with Gasteiger partial charge in [-0.15, -0.1) is 0 Å². The molecule has 0 saturated heterocycles. The Morgan fingerprint density at radius 2 is 2.17 bits per heavy atom. The van der Waals surface area contributed by atoms with Gasteiger partial charge >= 0.3 is 0 Å². The second-order valence-electron chi connectivity index (χ2n) is 5.93. The Kier molecular flexibility index (Phi) is 4.54. The highest BCUT2D eigenvalue weighted by Crippen LogP contribution is 2.35. The first-order valence-corrected chi connectivity index (χ1v) is 7.71. The van der Waals surface area contributed by atoms with Crippen LogP contribution in [0, 0.1) is 5.41 Å². The van der Waals surface area contributed by atoms with Crippen LogP contribution in [0.1, 0.15) is 46.0 Å². The van der Waals surface area contributed by atoms with Crippen LogP contribution in [-0.2, 0) is 0 Å². The van der Waals surface area contributed by atoms with Crippen LogP contribution in [0.3, 0.4) is 0 Å². The average molecular weight is 332 g/mol. The van der Waals surface area contributed by atoms with Crippen molar-refractivity contribution >= 4 is 33.2 Å². The minimum absolute atomic E-state index is 0.495. The lowest BCUT2D eigenvalue weighted by atomic mass is 9.85. The van der Waals surface area contributed by atoms with Crippen molar-refractivity contribution in [2.24, 2.45) is 5.41 Å². The van der Waals surface area contributed by atoms with Gasteiger partial charge in [0.1, 0.15) is 5.15 Å². The first kappa shape index (κ1) is 14.1. The highest BCUT2D eigenvalue weighted by Gasteiger charge is 2.24. The molecule has 0 aliphatic heterocycles. The second-order valence-corrected chi connectivity index (χ2v) is 7.15. The monoisotopic (exact) mass is 330 g/mol. The smallest absolute Gasteiger partial charge is 0.143 e. The summed E-state index contributed by atoms with van der Waals surface area (Å²) in [5.41, 5.74) is 1.55. The van der Waals surface area contributed by atoms with E-state index in [1.54, 1.807) is 0 Å². The number of nitrogens with zero attached hydrogens (tertiary/aromatic N) is 1. The quantitative estimate of drug-likeness (QED) is 0.590. The molecule has 1 aliphatic carbocycles. The summed E-state index contributed by atoms with van der Waals surface area (Å²) in [4.78, 5) is 4.15. The van der Waals surface area contributed by atoms with Gasteiger partial charge in [-0.1, -0.05) is 31.9 Å². The van der Waals surface area contributed by atoms with E-state index in [2.05, 4.69) is 40.1 Å². The highest BCUT2D eigenvalue weighted by atomic mass is 79.9. The first-order valence-electron chi connectivity index (χ1n) is 6.54. The normalized spacial score (nSPS) is 23.4.